The highest BCUT2D eigenvalue weighted by molar-refractivity contribution is 7.71. The first-order valence-corrected chi connectivity index (χ1v) is 7.81. The van der Waals surface area contributed by atoms with Gasteiger partial charge in [0.2, 0.25) is 0 Å². The van der Waals surface area contributed by atoms with E-state index in [4.69, 9.17) is 12.2 Å². The van der Waals surface area contributed by atoms with Crippen LogP contribution in [-0.2, 0) is 0 Å². The summed E-state index contributed by atoms with van der Waals surface area (Å²) in [5, 5.41) is 1.92. The third-order valence-corrected chi connectivity index (χ3v) is 5.06. The molecule has 2 heterocycles. The number of H-pyrrole nitrogens is 1. The van der Waals surface area contributed by atoms with E-state index in [2.05, 4.69) is 17.1 Å². The van der Waals surface area contributed by atoms with Gasteiger partial charge < -0.3 is 4.98 Å². The zero-order chi connectivity index (χ0) is 13.7. The van der Waals surface area contributed by atoms with Crippen LogP contribution in [0.4, 0.5) is 0 Å². The Morgan fingerprint density at radius 3 is 2.85 bits per heavy atom. The van der Waals surface area contributed by atoms with Gasteiger partial charge in [-0.1, -0.05) is 30.3 Å². The lowest BCUT2D eigenvalue weighted by Gasteiger charge is -2.06. The van der Waals surface area contributed by atoms with Crippen molar-refractivity contribution in [2.45, 2.75) is 18.4 Å². The van der Waals surface area contributed by atoms with Gasteiger partial charge in [-0.05, 0) is 35.6 Å². The minimum absolute atomic E-state index is 0.0437. The first kappa shape index (κ1) is 12.1. The molecule has 20 heavy (non-hydrogen) atoms. The molecular formula is C15H12N2OS2. The number of hydrogen-bond acceptors (Lipinski definition) is 3. The van der Waals surface area contributed by atoms with E-state index in [1.54, 1.807) is 4.57 Å². The Labute approximate surface area is 124 Å². The molecule has 3 aromatic rings. The number of benzene rings is 1. The lowest BCUT2D eigenvalue weighted by atomic mass is 10.1. The van der Waals surface area contributed by atoms with Crippen molar-refractivity contribution in [3.8, 4) is 0 Å². The molecule has 1 aromatic carbocycles. The highest BCUT2D eigenvalue weighted by Gasteiger charge is 2.41. The van der Waals surface area contributed by atoms with Gasteiger partial charge >= 0.3 is 0 Å². The van der Waals surface area contributed by atoms with Crippen LogP contribution < -0.4 is 5.56 Å². The molecule has 0 aliphatic heterocycles. The van der Waals surface area contributed by atoms with Crippen LogP contribution in [-0.4, -0.2) is 9.55 Å². The molecule has 0 saturated heterocycles. The largest absolute Gasteiger partial charge is 0.331 e. The number of nitrogens with zero attached hydrogens (tertiary/aromatic N) is 1. The van der Waals surface area contributed by atoms with Gasteiger partial charge in [0.25, 0.3) is 5.56 Å². The summed E-state index contributed by atoms with van der Waals surface area (Å²) < 4.78 is 3.05. The van der Waals surface area contributed by atoms with E-state index in [0.717, 1.165) is 16.6 Å². The molecule has 3 nitrogen and oxygen atoms in total. The zero-order valence-corrected chi connectivity index (χ0v) is 12.2. The van der Waals surface area contributed by atoms with Gasteiger partial charge in [-0.2, -0.15) is 0 Å². The molecule has 2 atom stereocenters. The number of nitrogens with one attached hydrogen (secondary N) is 1. The van der Waals surface area contributed by atoms with Crippen molar-refractivity contribution in [3.63, 3.8) is 0 Å². The minimum atomic E-state index is 0.0437. The molecule has 4 rings (SSSR count). The lowest BCUT2D eigenvalue weighted by molar-refractivity contribution is 0.668. The van der Waals surface area contributed by atoms with Gasteiger partial charge in [-0.15, -0.1) is 11.3 Å². The van der Waals surface area contributed by atoms with E-state index in [0.29, 0.717) is 10.7 Å². The monoisotopic (exact) mass is 300 g/mol. The van der Waals surface area contributed by atoms with Crippen molar-refractivity contribution in [1.82, 2.24) is 9.55 Å². The summed E-state index contributed by atoms with van der Waals surface area (Å²) in [4.78, 5) is 15.7. The Hall–Kier alpha value is -1.72. The summed E-state index contributed by atoms with van der Waals surface area (Å²) in [5.41, 5.74) is 2.17. The van der Waals surface area contributed by atoms with Gasteiger partial charge in [-0.3, -0.25) is 9.36 Å². The molecule has 0 spiro atoms. The van der Waals surface area contributed by atoms with Gasteiger partial charge in [-0.25, -0.2) is 0 Å². The van der Waals surface area contributed by atoms with Crippen molar-refractivity contribution in [1.29, 1.82) is 0 Å². The highest BCUT2D eigenvalue weighted by Crippen LogP contribution is 2.50. The predicted molar refractivity (Wildman–Crippen MR) is 84.1 cm³/mol. The van der Waals surface area contributed by atoms with Crippen LogP contribution in [0.15, 0.2) is 46.6 Å². The Bertz CT molecular complexity index is 891. The molecule has 0 radical (unpaired) electrons. The second-order valence-electron chi connectivity index (χ2n) is 5.09. The summed E-state index contributed by atoms with van der Waals surface area (Å²) in [7, 11) is 0. The van der Waals surface area contributed by atoms with Gasteiger partial charge in [0.05, 0.1) is 5.52 Å². The van der Waals surface area contributed by atoms with Crippen LogP contribution in [0.25, 0.3) is 10.2 Å². The quantitative estimate of drug-likeness (QED) is 0.730. The summed E-state index contributed by atoms with van der Waals surface area (Å²) in [5.74, 6) is 0.404. The predicted octanol–water partition coefficient (Wildman–Crippen LogP) is 3.85. The van der Waals surface area contributed by atoms with Crippen molar-refractivity contribution in [3.05, 3.63) is 62.5 Å². The standard InChI is InChI=1S/C15H12N2OS2/c18-14-13-11(6-7-20-13)16-15(19)17(14)12-8-10(12)9-4-2-1-3-5-9/h1-7,10,12H,8H2,(H,16,19). The SMILES string of the molecule is O=c1c2sccc2[nH]c(=S)n1C1CC1c1ccccc1. The van der Waals surface area contributed by atoms with Gasteiger partial charge in [0.15, 0.2) is 4.77 Å². The Morgan fingerprint density at radius 1 is 1.25 bits per heavy atom. The fourth-order valence-corrected chi connectivity index (χ4v) is 3.89. The maximum atomic E-state index is 12.6. The molecule has 0 amide bonds. The minimum Gasteiger partial charge on any atom is -0.331 e. The molecule has 2 aromatic heterocycles. The first-order valence-electron chi connectivity index (χ1n) is 6.52. The van der Waals surface area contributed by atoms with Gasteiger partial charge in [0.1, 0.15) is 4.70 Å². The topological polar surface area (TPSA) is 37.8 Å². The van der Waals surface area contributed by atoms with Crippen LogP contribution in [0.1, 0.15) is 23.9 Å². The van der Waals surface area contributed by atoms with Crippen LogP contribution >= 0.6 is 23.6 Å². The number of rotatable bonds is 2. The fraction of sp³-hybridized carbons (Fsp3) is 0.200. The van der Waals surface area contributed by atoms with E-state index >= 15 is 0 Å². The Balaban J connectivity index is 1.81. The maximum absolute atomic E-state index is 12.6. The van der Waals surface area contributed by atoms with Crippen molar-refractivity contribution in [2.24, 2.45) is 0 Å². The summed E-state index contributed by atoms with van der Waals surface area (Å²) in [6.07, 6.45) is 0.984. The van der Waals surface area contributed by atoms with Gasteiger partial charge in [0, 0.05) is 12.0 Å². The van der Waals surface area contributed by atoms with E-state index in [9.17, 15) is 4.79 Å². The number of fused-ring (bicyclic) bond motifs is 1. The third kappa shape index (κ3) is 1.77. The molecule has 5 heteroatoms. The average molecular weight is 300 g/mol. The molecule has 100 valence electrons. The maximum Gasteiger partial charge on any atom is 0.272 e. The normalized spacial score (nSPS) is 21.2. The van der Waals surface area contributed by atoms with Crippen molar-refractivity contribution >= 4 is 33.8 Å². The van der Waals surface area contributed by atoms with Crippen LogP contribution in [0.2, 0.25) is 0 Å². The molecule has 1 fully saturated rings. The van der Waals surface area contributed by atoms with Crippen molar-refractivity contribution in [2.75, 3.05) is 0 Å². The Morgan fingerprint density at radius 2 is 2.05 bits per heavy atom. The number of aromatic amines is 1. The summed E-state index contributed by atoms with van der Waals surface area (Å²) >= 11 is 6.83. The molecule has 2 unspecified atom stereocenters. The molecule has 1 saturated carbocycles. The number of thiophene rings is 1. The lowest BCUT2D eigenvalue weighted by Crippen LogP contribution is -2.20. The Kier molecular flexibility index (Phi) is 2.65. The summed E-state index contributed by atoms with van der Waals surface area (Å²) in [6.45, 7) is 0. The fourth-order valence-electron chi connectivity index (χ4n) is 2.78. The van der Waals surface area contributed by atoms with Crippen LogP contribution in [0.5, 0.6) is 0 Å². The number of hydrogen-bond donors (Lipinski definition) is 1. The highest BCUT2D eigenvalue weighted by atomic mass is 32.1. The second-order valence-corrected chi connectivity index (χ2v) is 6.39. The van der Waals surface area contributed by atoms with E-state index in [1.165, 1.54) is 16.9 Å². The molecule has 1 aliphatic carbocycles. The smallest absolute Gasteiger partial charge is 0.272 e. The van der Waals surface area contributed by atoms with Crippen LogP contribution in [0.3, 0.4) is 0 Å². The summed E-state index contributed by atoms with van der Waals surface area (Å²) in [6, 6.07) is 12.4. The van der Waals surface area contributed by atoms with E-state index < -0.39 is 0 Å². The van der Waals surface area contributed by atoms with E-state index in [1.807, 2.05) is 29.6 Å². The molecular weight excluding hydrogens is 288 g/mol. The zero-order valence-electron chi connectivity index (χ0n) is 10.6. The third-order valence-electron chi connectivity index (χ3n) is 3.85. The van der Waals surface area contributed by atoms with Crippen molar-refractivity contribution < 1.29 is 0 Å². The van der Waals surface area contributed by atoms with E-state index in [-0.39, 0.29) is 11.6 Å². The number of aromatic nitrogens is 2. The van der Waals surface area contributed by atoms with Crippen LogP contribution in [0, 0.1) is 4.77 Å². The molecule has 0 bridgehead atoms. The molecule has 1 N–H and O–H groups in total. The first-order chi connectivity index (χ1) is 9.75. The average Bonchev–Trinajstić information content (AvgIpc) is 3.09. The second kappa shape index (κ2) is 4.40. The molecule has 1 aliphatic rings.